The fraction of sp³-hybridized carbons (Fsp3) is 0.0714. The van der Waals surface area contributed by atoms with Crippen molar-refractivity contribution in [3.8, 4) is 0 Å². The van der Waals surface area contributed by atoms with Crippen LogP contribution in [0.3, 0.4) is 0 Å². The van der Waals surface area contributed by atoms with Crippen molar-refractivity contribution in [1.29, 1.82) is 0 Å². The first-order valence-electron chi connectivity index (χ1n) is 6.20. The normalized spacial score (nSPS) is 10.7. The van der Waals surface area contributed by atoms with Gasteiger partial charge in [0.1, 0.15) is 5.82 Å². The molecule has 5 nitrogen and oxygen atoms in total. The van der Waals surface area contributed by atoms with Crippen LogP contribution in [0.15, 0.2) is 52.2 Å². The summed E-state index contributed by atoms with van der Waals surface area (Å²) >= 11 is 4.66. The largest absolute Gasteiger partial charge is 0.333 e. The van der Waals surface area contributed by atoms with E-state index < -0.39 is 0 Å². The zero-order chi connectivity index (χ0) is 14.7. The Morgan fingerprint density at radius 2 is 2.14 bits per heavy atom. The number of thioether (sulfide) groups is 1. The number of fused-ring (bicyclic) bond motifs is 1. The van der Waals surface area contributed by atoms with Gasteiger partial charge in [0.05, 0.1) is 16.8 Å². The monoisotopic (exact) mass is 362 g/mol. The van der Waals surface area contributed by atoms with Crippen molar-refractivity contribution >= 4 is 50.5 Å². The highest BCUT2D eigenvalue weighted by molar-refractivity contribution is 9.10. The van der Waals surface area contributed by atoms with E-state index in [0.29, 0.717) is 5.82 Å². The summed E-state index contributed by atoms with van der Waals surface area (Å²) in [4.78, 5) is 23.5. The van der Waals surface area contributed by atoms with Crippen LogP contribution in [0.5, 0.6) is 0 Å². The molecule has 0 unspecified atom stereocenters. The molecule has 2 N–H and O–H groups in total. The van der Waals surface area contributed by atoms with Crippen LogP contribution in [0, 0.1) is 0 Å². The summed E-state index contributed by atoms with van der Waals surface area (Å²) in [6.45, 7) is 0. The van der Waals surface area contributed by atoms with Gasteiger partial charge in [-0.05, 0) is 40.2 Å². The van der Waals surface area contributed by atoms with Gasteiger partial charge in [0.2, 0.25) is 5.91 Å². The summed E-state index contributed by atoms with van der Waals surface area (Å²) < 4.78 is 0.872. The number of imidazole rings is 1. The van der Waals surface area contributed by atoms with Gasteiger partial charge in [-0.3, -0.25) is 4.79 Å². The van der Waals surface area contributed by atoms with Gasteiger partial charge in [-0.25, -0.2) is 9.97 Å². The Morgan fingerprint density at radius 1 is 1.29 bits per heavy atom. The molecular formula is C14H11BrN4OS. The number of anilines is 1. The van der Waals surface area contributed by atoms with E-state index in [1.807, 2.05) is 30.3 Å². The maximum atomic E-state index is 11.9. The Balaban J connectivity index is 1.59. The van der Waals surface area contributed by atoms with Gasteiger partial charge >= 0.3 is 0 Å². The van der Waals surface area contributed by atoms with Crippen molar-refractivity contribution < 1.29 is 4.79 Å². The summed E-state index contributed by atoms with van der Waals surface area (Å²) in [7, 11) is 0. The van der Waals surface area contributed by atoms with Gasteiger partial charge in [0.25, 0.3) is 0 Å². The number of pyridine rings is 1. The molecule has 1 aromatic carbocycles. The quantitative estimate of drug-likeness (QED) is 0.697. The van der Waals surface area contributed by atoms with Gasteiger partial charge in [0, 0.05) is 10.7 Å². The number of nitrogens with one attached hydrogen (secondary N) is 2. The second-order valence-electron chi connectivity index (χ2n) is 4.26. The number of benzene rings is 1. The SMILES string of the molecule is O=C(CSc1nc2ccccc2[nH]1)Nc1ccc(Br)cn1. The first-order chi connectivity index (χ1) is 10.2. The van der Waals surface area contributed by atoms with Crippen molar-refractivity contribution in [2.45, 2.75) is 5.16 Å². The minimum Gasteiger partial charge on any atom is -0.333 e. The maximum absolute atomic E-state index is 11.9. The molecule has 106 valence electrons. The van der Waals surface area contributed by atoms with Gasteiger partial charge in [-0.1, -0.05) is 23.9 Å². The van der Waals surface area contributed by atoms with E-state index in [2.05, 4.69) is 36.2 Å². The molecule has 0 radical (unpaired) electrons. The summed E-state index contributed by atoms with van der Waals surface area (Å²) in [6, 6.07) is 11.3. The topological polar surface area (TPSA) is 70.7 Å². The molecule has 0 atom stereocenters. The molecule has 0 saturated carbocycles. The van der Waals surface area contributed by atoms with Crippen molar-refractivity contribution in [3.63, 3.8) is 0 Å². The standard InChI is InChI=1S/C14H11BrN4OS/c15-9-5-6-12(16-7-9)19-13(20)8-21-14-17-10-3-1-2-4-11(10)18-14/h1-7H,8H2,(H,17,18)(H,16,19,20). The molecule has 0 aliphatic heterocycles. The molecule has 3 aromatic rings. The number of aromatic amines is 1. The van der Waals surface area contributed by atoms with E-state index in [1.165, 1.54) is 11.8 Å². The number of hydrogen-bond donors (Lipinski definition) is 2. The van der Waals surface area contributed by atoms with Crippen LogP contribution in [0.2, 0.25) is 0 Å². The number of carbonyl (C=O) groups excluding carboxylic acids is 1. The smallest absolute Gasteiger partial charge is 0.236 e. The third-order valence-corrected chi connectivity index (χ3v) is 4.04. The Bertz CT molecular complexity index is 739. The van der Waals surface area contributed by atoms with Crippen molar-refractivity contribution in [1.82, 2.24) is 15.0 Å². The van der Waals surface area contributed by atoms with Crippen molar-refractivity contribution in [3.05, 3.63) is 47.1 Å². The summed E-state index contributed by atoms with van der Waals surface area (Å²) in [5.41, 5.74) is 1.87. The first-order valence-corrected chi connectivity index (χ1v) is 7.97. The minimum absolute atomic E-state index is 0.115. The fourth-order valence-corrected chi connectivity index (χ4v) is 2.68. The molecule has 2 heterocycles. The zero-order valence-corrected chi connectivity index (χ0v) is 13.2. The lowest BCUT2D eigenvalue weighted by Gasteiger charge is -2.03. The molecule has 3 rings (SSSR count). The molecule has 0 aliphatic carbocycles. The summed E-state index contributed by atoms with van der Waals surface area (Å²) in [5, 5.41) is 3.47. The third kappa shape index (κ3) is 3.62. The number of para-hydroxylation sites is 2. The van der Waals surface area contributed by atoms with Crippen LogP contribution in [0.25, 0.3) is 11.0 Å². The predicted molar refractivity (Wildman–Crippen MR) is 87.4 cm³/mol. The van der Waals surface area contributed by atoms with Crippen LogP contribution < -0.4 is 5.32 Å². The lowest BCUT2D eigenvalue weighted by molar-refractivity contribution is -0.113. The molecule has 0 fully saturated rings. The molecule has 2 aromatic heterocycles. The highest BCUT2D eigenvalue weighted by atomic mass is 79.9. The maximum Gasteiger partial charge on any atom is 0.236 e. The van der Waals surface area contributed by atoms with Crippen molar-refractivity contribution in [2.24, 2.45) is 0 Å². The van der Waals surface area contributed by atoms with Crippen LogP contribution in [0.1, 0.15) is 0 Å². The molecule has 21 heavy (non-hydrogen) atoms. The van der Waals surface area contributed by atoms with E-state index in [-0.39, 0.29) is 11.7 Å². The van der Waals surface area contributed by atoms with E-state index >= 15 is 0 Å². The molecule has 0 saturated heterocycles. The van der Waals surface area contributed by atoms with Crippen LogP contribution in [-0.4, -0.2) is 26.6 Å². The lowest BCUT2D eigenvalue weighted by Crippen LogP contribution is -2.14. The number of nitrogens with zero attached hydrogens (tertiary/aromatic N) is 2. The average molecular weight is 363 g/mol. The second kappa shape index (κ2) is 6.28. The zero-order valence-electron chi connectivity index (χ0n) is 10.8. The average Bonchev–Trinajstić information content (AvgIpc) is 2.90. The highest BCUT2D eigenvalue weighted by Crippen LogP contribution is 2.19. The number of aromatic nitrogens is 3. The molecule has 0 aliphatic rings. The minimum atomic E-state index is -0.115. The Labute approximate surface area is 133 Å². The van der Waals surface area contributed by atoms with Crippen LogP contribution in [0.4, 0.5) is 5.82 Å². The van der Waals surface area contributed by atoms with Gasteiger partial charge < -0.3 is 10.3 Å². The molecule has 7 heteroatoms. The molecular weight excluding hydrogens is 352 g/mol. The number of rotatable bonds is 4. The number of carbonyl (C=O) groups is 1. The Morgan fingerprint density at radius 3 is 2.90 bits per heavy atom. The Kier molecular flexibility index (Phi) is 4.21. The van der Waals surface area contributed by atoms with Gasteiger partial charge in [0.15, 0.2) is 5.16 Å². The lowest BCUT2D eigenvalue weighted by atomic mass is 10.3. The molecule has 1 amide bonds. The summed E-state index contributed by atoms with van der Waals surface area (Å²) in [6.07, 6.45) is 1.64. The van der Waals surface area contributed by atoms with Crippen molar-refractivity contribution in [2.75, 3.05) is 11.1 Å². The highest BCUT2D eigenvalue weighted by Gasteiger charge is 2.07. The van der Waals surface area contributed by atoms with E-state index in [0.717, 1.165) is 20.7 Å². The first kappa shape index (κ1) is 14.1. The summed E-state index contributed by atoms with van der Waals surface area (Å²) in [5.74, 6) is 0.695. The van der Waals surface area contributed by atoms with Gasteiger partial charge in [-0.2, -0.15) is 0 Å². The van der Waals surface area contributed by atoms with Crippen LogP contribution in [-0.2, 0) is 4.79 Å². The van der Waals surface area contributed by atoms with Gasteiger partial charge in [-0.15, -0.1) is 0 Å². The number of H-pyrrole nitrogens is 1. The fourth-order valence-electron chi connectivity index (χ4n) is 1.76. The van der Waals surface area contributed by atoms with E-state index in [4.69, 9.17) is 0 Å². The third-order valence-electron chi connectivity index (χ3n) is 2.70. The predicted octanol–water partition coefficient (Wildman–Crippen LogP) is 3.45. The van der Waals surface area contributed by atoms with Crippen LogP contribution >= 0.6 is 27.7 Å². The number of halogens is 1. The molecule has 0 bridgehead atoms. The Hall–Kier alpha value is -1.86. The molecule has 0 spiro atoms. The second-order valence-corrected chi connectivity index (χ2v) is 6.14. The number of amides is 1. The van der Waals surface area contributed by atoms with E-state index in [1.54, 1.807) is 12.3 Å². The van der Waals surface area contributed by atoms with E-state index in [9.17, 15) is 4.79 Å². The number of hydrogen-bond acceptors (Lipinski definition) is 4.